The third-order valence-electron chi connectivity index (χ3n) is 3.55. The van der Waals surface area contributed by atoms with Gasteiger partial charge in [-0.2, -0.15) is 4.98 Å². The summed E-state index contributed by atoms with van der Waals surface area (Å²) in [6.07, 6.45) is 1.86. The average molecular weight is 316 g/mol. The van der Waals surface area contributed by atoms with E-state index >= 15 is 0 Å². The van der Waals surface area contributed by atoms with Crippen LogP contribution in [0.15, 0.2) is 41.5 Å². The van der Waals surface area contributed by atoms with E-state index in [1.165, 1.54) is 10.9 Å². The average Bonchev–Trinajstić information content (AvgIpc) is 3.02. The Balaban J connectivity index is 1.56. The second-order valence-corrected chi connectivity index (χ2v) is 5.16. The van der Waals surface area contributed by atoms with Crippen LogP contribution in [0.5, 0.6) is 0 Å². The number of hydrogen-bond donors (Lipinski definition) is 1. The van der Waals surface area contributed by atoms with Crippen LogP contribution in [-0.4, -0.2) is 33.2 Å². The molecule has 3 rings (SSSR count). The molecule has 0 saturated carbocycles. The van der Waals surface area contributed by atoms with Crippen molar-refractivity contribution in [3.63, 3.8) is 0 Å². The zero-order valence-electron chi connectivity index (χ0n) is 12.3. The first-order chi connectivity index (χ1) is 11.1. The molecule has 8 heteroatoms. The Labute approximate surface area is 131 Å². The van der Waals surface area contributed by atoms with Crippen molar-refractivity contribution in [3.05, 3.63) is 52.7 Å². The summed E-state index contributed by atoms with van der Waals surface area (Å²) >= 11 is 0. The van der Waals surface area contributed by atoms with Crippen LogP contribution in [0, 0.1) is 0 Å². The normalized spacial score (nSPS) is 20.3. The summed E-state index contributed by atoms with van der Waals surface area (Å²) in [5.41, 5.74) is 5.34. The second-order valence-electron chi connectivity index (χ2n) is 5.16. The first-order valence-corrected chi connectivity index (χ1v) is 7.22. The maximum absolute atomic E-state index is 11.9. The predicted molar refractivity (Wildman–Crippen MR) is 80.6 cm³/mol. The lowest BCUT2D eigenvalue weighted by atomic mass is 10.2. The summed E-state index contributed by atoms with van der Waals surface area (Å²) in [5.74, 6) is -0.469. The van der Waals surface area contributed by atoms with E-state index < -0.39 is 17.9 Å². The molecular formula is C15H16N4O4. The number of nitrogens with two attached hydrogens (primary N) is 1. The summed E-state index contributed by atoms with van der Waals surface area (Å²) in [6, 6.07) is 8.74. The highest BCUT2D eigenvalue weighted by atomic mass is 16.6. The third-order valence-corrected chi connectivity index (χ3v) is 3.55. The zero-order valence-corrected chi connectivity index (χ0v) is 12.3. The van der Waals surface area contributed by atoms with E-state index in [4.69, 9.17) is 15.2 Å². The molecule has 8 nitrogen and oxygen atoms in total. The molecule has 1 aromatic heterocycles. The number of ether oxygens (including phenoxy) is 2. The minimum Gasteiger partial charge on any atom is -0.459 e. The Morgan fingerprint density at radius 2 is 2.13 bits per heavy atom. The fourth-order valence-corrected chi connectivity index (χ4v) is 2.39. The highest BCUT2D eigenvalue weighted by Crippen LogP contribution is 2.27. The van der Waals surface area contributed by atoms with E-state index in [1.54, 1.807) is 24.3 Å². The van der Waals surface area contributed by atoms with Crippen molar-refractivity contribution in [2.24, 2.45) is 0 Å². The van der Waals surface area contributed by atoms with E-state index in [-0.39, 0.29) is 18.7 Å². The fourth-order valence-electron chi connectivity index (χ4n) is 2.39. The summed E-state index contributed by atoms with van der Waals surface area (Å²) in [5, 5.41) is 0. The fraction of sp³-hybridized carbons (Fsp3) is 0.333. The molecule has 0 aliphatic carbocycles. The molecule has 1 saturated heterocycles. The highest BCUT2D eigenvalue weighted by molar-refractivity contribution is 5.89. The van der Waals surface area contributed by atoms with E-state index in [2.05, 4.69) is 9.97 Å². The molecule has 0 radical (unpaired) electrons. The number of anilines is 1. The summed E-state index contributed by atoms with van der Waals surface area (Å²) in [7, 11) is 0. The van der Waals surface area contributed by atoms with Crippen LogP contribution in [0.2, 0.25) is 0 Å². The van der Waals surface area contributed by atoms with Gasteiger partial charge in [-0.3, -0.25) is 4.57 Å². The lowest BCUT2D eigenvalue weighted by molar-refractivity contribution is -0.0343. The number of rotatable bonds is 4. The topological polar surface area (TPSA) is 109 Å². The smallest absolute Gasteiger partial charge is 0.354 e. The number of esters is 1. The minimum atomic E-state index is -0.510. The minimum absolute atomic E-state index is 0.0717. The van der Waals surface area contributed by atoms with E-state index in [1.807, 2.05) is 6.07 Å². The molecule has 23 heavy (non-hydrogen) atoms. The van der Waals surface area contributed by atoms with Gasteiger partial charge in [0.1, 0.15) is 19.2 Å². The van der Waals surface area contributed by atoms with Gasteiger partial charge in [-0.05, 0) is 25.0 Å². The van der Waals surface area contributed by atoms with Gasteiger partial charge < -0.3 is 15.2 Å². The molecule has 2 N–H and O–H groups in total. The van der Waals surface area contributed by atoms with Crippen molar-refractivity contribution < 1.29 is 14.3 Å². The molecular weight excluding hydrogens is 300 g/mol. The van der Waals surface area contributed by atoms with Crippen molar-refractivity contribution in [2.45, 2.75) is 25.2 Å². The summed E-state index contributed by atoms with van der Waals surface area (Å²) in [4.78, 5) is 31.0. The van der Waals surface area contributed by atoms with Crippen LogP contribution in [0.3, 0.4) is 0 Å². The molecule has 0 unspecified atom stereocenters. The Bertz CT molecular complexity index is 747. The first kappa shape index (κ1) is 15.2. The van der Waals surface area contributed by atoms with Crippen molar-refractivity contribution in [3.8, 4) is 0 Å². The van der Waals surface area contributed by atoms with Crippen molar-refractivity contribution >= 4 is 11.9 Å². The van der Waals surface area contributed by atoms with Gasteiger partial charge in [0.25, 0.3) is 0 Å². The summed E-state index contributed by atoms with van der Waals surface area (Å²) < 4.78 is 12.2. The lowest BCUT2D eigenvalue weighted by Crippen LogP contribution is -2.29. The Kier molecular flexibility index (Phi) is 4.33. The standard InChI is InChI=1S/C15H16N4O4/c16-14-17-9-19(15(21)18-14)12-7-6-11(23-12)8-22-13(20)10-4-2-1-3-5-10/h1-5,9,11-12H,6-8H2,(H2,16,18,21)/t11-,12+/m0/s1. The highest BCUT2D eigenvalue weighted by Gasteiger charge is 2.28. The van der Waals surface area contributed by atoms with Crippen LogP contribution in [-0.2, 0) is 9.47 Å². The van der Waals surface area contributed by atoms with Gasteiger partial charge in [0, 0.05) is 0 Å². The van der Waals surface area contributed by atoms with Crippen LogP contribution >= 0.6 is 0 Å². The van der Waals surface area contributed by atoms with Crippen molar-refractivity contribution in [2.75, 3.05) is 12.3 Å². The Hall–Kier alpha value is -2.74. The number of aromatic nitrogens is 3. The van der Waals surface area contributed by atoms with Crippen molar-refractivity contribution in [1.29, 1.82) is 0 Å². The van der Waals surface area contributed by atoms with Gasteiger partial charge in [-0.1, -0.05) is 18.2 Å². The number of carbonyl (C=O) groups is 1. The number of benzene rings is 1. The Morgan fingerprint density at radius 3 is 2.87 bits per heavy atom. The van der Waals surface area contributed by atoms with Gasteiger partial charge in [-0.15, -0.1) is 0 Å². The van der Waals surface area contributed by atoms with Gasteiger partial charge >= 0.3 is 11.7 Å². The van der Waals surface area contributed by atoms with Crippen LogP contribution in [0.4, 0.5) is 5.95 Å². The van der Waals surface area contributed by atoms with Gasteiger partial charge in [0.2, 0.25) is 5.95 Å². The number of nitrogen functional groups attached to an aromatic ring is 1. The van der Waals surface area contributed by atoms with Crippen LogP contribution in [0.25, 0.3) is 0 Å². The molecule has 0 spiro atoms. The van der Waals surface area contributed by atoms with Crippen LogP contribution < -0.4 is 11.4 Å². The van der Waals surface area contributed by atoms with Gasteiger partial charge in [0.15, 0.2) is 0 Å². The maximum atomic E-state index is 11.9. The SMILES string of the molecule is Nc1ncn([C@H]2CC[C@@H](COC(=O)c3ccccc3)O2)c(=O)n1. The van der Waals surface area contributed by atoms with E-state index in [0.29, 0.717) is 18.4 Å². The molecule has 0 bridgehead atoms. The number of hydrogen-bond acceptors (Lipinski definition) is 7. The van der Waals surface area contributed by atoms with Crippen molar-refractivity contribution in [1.82, 2.24) is 14.5 Å². The molecule has 1 aromatic carbocycles. The monoisotopic (exact) mass is 316 g/mol. The molecule has 1 aliphatic heterocycles. The first-order valence-electron chi connectivity index (χ1n) is 7.22. The van der Waals surface area contributed by atoms with E-state index in [0.717, 1.165) is 0 Å². The quantitative estimate of drug-likeness (QED) is 0.829. The molecule has 2 heterocycles. The number of nitrogens with zero attached hydrogens (tertiary/aromatic N) is 3. The predicted octanol–water partition coefficient (Wildman–Crippen LogP) is 0.755. The second kappa shape index (κ2) is 6.57. The largest absolute Gasteiger partial charge is 0.459 e. The molecule has 1 fully saturated rings. The molecule has 120 valence electrons. The number of carbonyl (C=O) groups excluding carboxylic acids is 1. The zero-order chi connectivity index (χ0) is 16.2. The third kappa shape index (κ3) is 3.54. The lowest BCUT2D eigenvalue weighted by Gasteiger charge is -2.15. The maximum Gasteiger partial charge on any atom is 0.354 e. The summed E-state index contributed by atoms with van der Waals surface area (Å²) in [6.45, 7) is 0.134. The van der Waals surface area contributed by atoms with Gasteiger partial charge in [0.05, 0.1) is 11.7 Å². The van der Waals surface area contributed by atoms with Crippen LogP contribution in [0.1, 0.15) is 29.4 Å². The molecule has 2 atom stereocenters. The molecule has 2 aromatic rings. The van der Waals surface area contributed by atoms with E-state index in [9.17, 15) is 9.59 Å². The molecule has 1 aliphatic rings. The van der Waals surface area contributed by atoms with Gasteiger partial charge in [-0.25, -0.2) is 14.6 Å². The Morgan fingerprint density at radius 1 is 1.35 bits per heavy atom. The molecule has 0 amide bonds.